The van der Waals surface area contributed by atoms with Crippen LogP contribution in [0.25, 0.3) is 0 Å². The van der Waals surface area contributed by atoms with E-state index in [1.165, 1.54) is 89.3 Å². The number of ether oxygens (including phenoxy) is 1. The zero-order chi connectivity index (χ0) is 28.5. The summed E-state index contributed by atoms with van der Waals surface area (Å²) >= 11 is 0. The van der Waals surface area contributed by atoms with Crippen molar-refractivity contribution >= 4 is 13.6 Å². The fourth-order valence-corrected chi connectivity index (χ4v) is 5.50. The molecule has 1 aromatic rings. The number of nitrogen functional groups attached to an aromatic ring is 1. The van der Waals surface area contributed by atoms with Crippen LogP contribution in [0.2, 0.25) is 0 Å². The maximum absolute atomic E-state index is 12.1. The second-order valence-corrected chi connectivity index (χ2v) is 11.9. The molecule has 2 rings (SSSR count). The summed E-state index contributed by atoms with van der Waals surface area (Å²) in [5, 5.41) is 20.5. The van der Waals surface area contributed by atoms with E-state index in [0.717, 1.165) is 23.8 Å². The van der Waals surface area contributed by atoms with Crippen molar-refractivity contribution < 1.29 is 63.0 Å². The Hall–Kier alpha value is -0.330. The van der Waals surface area contributed by atoms with Crippen molar-refractivity contribution in [2.75, 3.05) is 18.9 Å². The van der Waals surface area contributed by atoms with Crippen molar-refractivity contribution in [3.05, 3.63) is 22.7 Å². The van der Waals surface area contributed by atoms with Crippen LogP contribution < -0.4 is 45.9 Å². The van der Waals surface area contributed by atoms with E-state index in [4.69, 9.17) is 19.5 Å². The molecule has 4 N–H and O–H groups in total. The van der Waals surface area contributed by atoms with Crippen LogP contribution in [0.1, 0.15) is 116 Å². The fraction of sp³-hybridized carbons (Fsp3) is 0.852. The zero-order valence-electron chi connectivity index (χ0n) is 24.5. The SMILES string of the molecule is CCCCCCCCCCCCCCCCCCOP(=O)([O-])OC[C@H]1O[C@@H](n2ccc(N)nc2=O)[C@H](O)C1O.[Na+]. The Kier molecular flexibility index (Phi) is 20.1. The van der Waals surface area contributed by atoms with Crippen LogP contribution in [-0.4, -0.2) is 51.3 Å². The smallest absolute Gasteiger partial charge is 0.756 e. The molecule has 2 heterocycles. The summed E-state index contributed by atoms with van der Waals surface area (Å²) in [4.78, 5) is 27.6. The maximum Gasteiger partial charge on any atom is 1.00 e. The molecule has 0 bridgehead atoms. The van der Waals surface area contributed by atoms with Gasteiger partial charge in [0.05, 0.1) is 13.2 Å². The summed E-state index contributed by atoms with van der Waals surface area (Å²) in [5.74, 6) is -0.00189. The number of unbranched alkanes of at least 4 members (excludes halogenated alkanes) is 15. The average Bonchev–Trinajstić information content (AvgIpc) is 3.18. The minimum Gasteiger partial charge on any atom is -0.756 e. The van der Waals surface area contributed by atoms with E-state index in [1.54, 1.807) is 0 Å². The standard InChI is InChI=1S/C27H50N3O8P.Na/c1-2-3-4-5-6-7-8-9-10-11-12-13-14-15-16-17-20-36-39(34,35)37-21-22-24(31)25(32)26(38-22)30-19-18-23(28)29-27(30)33;/h18-19,22,24-26,31-32H,2-17,20-21H2,1H3,(H,34,35)(H2,28,29,33);/q;+1/p-1/t22-,24?,25-,26-;/m1./s1. The molecule has 5 atom stereocenters. The molecule has 1 fully saturated rings. The first-order valence-electron chi connectivity index (χ1n) is 14.7. The molecule has 1 aromatic heterocycles. The molecule has 2 unspecified atom stereocenters. The van der Waals surface area contributed by atoms with Gasteiger partial charge in [0.1, 0.15) is 24.1 Å². The van der Waals surface area contributed by atoms with Gasteiger partial charge in [0.25, 0.3) is 7.82 Å². The summed E-state index contributed by atoms with van der Waals surface area (Å²) in [5.41, 5.74) is 4.68. The van der Waals surface area contributed by atoms with Gasteiger partial charge in [0.2, 0.25) is 0 Å². The maximum atomic E-state index is 12.1. The molecule has 0 aromatic carbocycles. The van der Waals surface area contributed by atoms with E-state index in [9.17, 15) is 24.5 Å². The quantitative estimate of drug-likeness (QED) is 0.100. The van der Waals surface area contributed by atoms with E-state index in [2.05, 4.69) is 11.9 Å². The summed E-state index contributed by atoms with van der Waals surface area (Å²) in [7, 11) is -4.61. The number of phosphoric ester groups is 1. The minimum absolute atomic E-state index is 0. The van der Waals surface area contributed by atoms with E-state index in [-0.39, 0.29) is 42.0 Å². The molecule has 1 aliphatic rings. The summed E-state index contributed by atoms with van der Waals surface area (Å²) in [6.07, 6.45) is 15.5. The molecular formula is C27H49N3NaO8P. The zero-order valence-corrected chi connectivity index (χ0v) is 27.3. The van der Waals surface area contributed by atoms with Crippen molar-refractivity contribution in [3.63, 3.8) is 0 Å². The predicted molar refractivity (Wildman–Crippen MR) is 148 cm³/mol. The number of nitrogens with zero attached hydrogens (tertiary/aromatic N) is 2. The van der Waals surface area contributed by atoms with Crippen LogP contribution in [-0.2, 0) is 18.3 Å². The van der Waals surface area contributed by atoms with E-state index >= 15 is 0 Å². The number of aliphatic hydroxyl groups excluding tert-OH is 2. The first-order chi connectivity index (χ1) is 18.7. The molecule has 0 spiro atoms. The van der Waals surface area contributed by atoms with E-state index in [0.29, 0.717) is 6.42 Å². The topological polar surface area (TPSA) is 169 Å². The molecular weight excluding hydrogens is 548 g/mol. The number of aromatic nitrogens is 2. The molecule has 40 heavy (non-hydrogen) atoms. The molecule has 0 saturated carbocycles. The summed E-state index contributed by atoms with van der Waals surface area (Å²) in [6.45, 7) is 1.70. The summed E-state index contributed by atoms with van der Waals surface area (Å²) < 4.78 is 28.3. The van der Waals surface area contributed by atoms with Crippen molar-refractivity contribution in [3.8, 4) is 0 Å². The Morgan fingerprint density at radius 1 is 0.925 bits per heavy atom. The van der Waals surface area contributed by atoms with Gasteiger partial charge in [-0.1, -0.05) is 103 Å². The van der Waals surface area contributed by atoms with Gasteiger partial charge in [-0.25, -0.2) is 4.79 Å². The van der Waals surface area contributed by atoms with Crippen molar-refractivity contribution in [1.29, 1.82) is 0 Å². The molecule has 0 aliphatic carbocycles. The number of hydrogen-bond acceptors (Lipinski definition) is 10. The van der Waals surface area contributed by atoms with Crippen LogP contribution in [0.5, 0.6) is 0 Å². The molecule has 0 radical (unpaired) electrons. The normalized spacial score (nSPS) is 22.2. The first kappa shape index (κ1) is 37.7. The van der Waals surface area contributed by atoms with Gasteiger partial charge >= 0.3 is 35.2 Å². The Morgan fingerprint density at radius 2 is 1.43 bits per heavy atom. The number of rotatable bonds is 22. The molecule has 13 heteroatoms. The van der Waals surface area contributed by atoms with Crippen LogP contribution in [0.3, 0.4) is 0 Å². The third kappa shape index (κ3) is 14.7. The number of anilines is 1. The second kappa shape index (κ2) is 21.4. The first-order valence-corrected chi connectivity index (χ1v) is 16.2. The van der Waals surface area contributed by atoms with E-state index in [1.807, 2.05) is 0 Å². The second-order valence-electron chi connectivity index (χ2n) is 10.5. The molecule has 0 amide bonds. The minimum atomic E-state index is -4.61. The number of phosphoric acid groups is 1. The fourth-order valence-electron chi connectivity index (χ4n) is 4.74. The van der Waals surface area contributed by atoms with Crippen LogP contribution in [0.15, 0.2) is 17.1 Å². The molecule has 226 valence electrons. The third-order valence-corrected chi connectivity index (χ3v) is 8.07. The van der Waals surface area contributed by atoms with Crippen LogP contribution in [0, 0.1) is 0 Å². The Morgan fingerprint density at radius 3 is 1.93 bits per heavy atom. The number of aliphatic hydroxyl groups is 2. The van der Waals surface area contributed by atoms with Crippen molar-refractivity contribution in [2.24, 2.45) is 0 Å². The Balaban J connectivity index is 0.00000800. The largest absolute Gasteiger partial charge is 1.00 e. The predicted octanol–water partition coefficient (Wildman–Crippen LogP) is 1.21. The van der Waals surface area contributed by atoms with Gasteiger partial charge in [-0.05, 0) is 12.5 Å². The molecule has 1 saturated heterocycles. The molecule has 1 aliphatic heterocycles. The van der Waals surface area contributed by atoms with Gasteiger partial charge in [-0.3, -0.25) is 9.13 Å². The number of nitrogens with two attached hydrogens (primary N) is 1. The van der Waals surface area contributed by atoms with Gasteiger partial charge in [0.15, 0.2) is 6.23 Å². The van der Waals surface area contributed by atoms with Crippen LogP contribution in [0.4, 0.5) is 5.82 Å². The average molecular weight is 598 g/mol. The van der Waals surface area contributed by atoms with Gasteiger partial charge in [0, 0.05) is 6.20 Å². The third-order valence-electron chi connectivity index (χ3n) is 7.11. The van der Waals surface area contributed by atoms with Gasteiger partial charge in [-0.2, -0.15) is 4.98 Å². The van der Waals surface area contributed by atoms with Gasteiger partial charge in [-0.15, -0.1) is 0 Å². The van der Waals surface area contributed by atoms with Crippen LogP contribution >= 0.6 is 7.82 Å². The monoisotopic (exact) mass is 597 g/mol. The molecule has 11 nitrogen and oxygen atoms in total. The Bertz CT molecular complexity index is 909. The number of hydrogen-bond donors (Lipinski definition) is 3. The van der Waals surface area contributed by atoms with Crippen molar-refractivity contribution in [2.45, 2.75) is 134 Å². The Labute approximate surface area is 261 Å². The van der Waals surface area contributed by atoms with Crippen molar-refractivity contribution in [1.82, 2.24) is 9.55 Å². The summed E-state index contributed by atoms with van der Waals surface area (Å²) in [6, 6.07) is 1.34. The van der Waals surface area contributed by atoms with Gasteiger partial charge < -0.3 is 34.6 Å². The van der Waals surface area contributed by atoms with E-state index < -0.39 is 44.7 Å².